The molecule has 0 amide bonds. The number of rotatable bonds is 42. The third-order valence-electron chi connectivity index (χ3n) is 9.76. The van der Waals surface area contributed by atoms with Gasteiger partial charge in [0.1, 0.15) is 13.2 Å². The molecular formula is C55H88O6. The zero-order chi connectivity index (χ0) is 44.4. The molecule has 0 fully saturated rings. The van der Waals surface area contributed by atoms with Gasteiger partial charge in [0.15, 0.2) is 6.10 Å². The molecule has 344 valence electrons. The van der Waals surface area contributed by atoms with Crippen molar-refractivity contribution in [3.63, 3.8) is 0 Å². The molecule has 61 heavy (non-hydrogen) atoms. The molecule has 6 heteroatoms. The van der Waals surface area contributed by atoms with Crippen LogP contribution in [0.3, 0.4) is 0 Å². The van der Waals surface area contributed by atoms with Crippen LogP contribution < -0.4 is 0 Å². The molecule has 0 heterocycles. The van der Waals surface area contributed by atoms with Crippen LogP contribution in [0.4, 0.5) is 0 Å². The molecule has 0 N–H and O–H groups in total. The van der Waals surface area contributed by atoms with Crippen LogP contribution in [0, 0.1) is 0 Å². The summed E-state index contributed by atoms with van der Waals surface area (Å²) in [6.45, 7) is 6.26. The van der Waals surface area contributed by atoms with Crippen molar-refractivity contribution in [1.82, 2.24) is 0 Å². The fourth-order valence-electron chi connectivity index (χ4n) is 6.13. The summed E-state index contributed by atoms with van der Waals surface area (Å²) in [5.74, 6) is -1.03. The molecule has 0 aromatic rings. The van der Waals surface area contributed by atoms with Crippen molar-refractivity contribution in [2.45, 2.75) is 207 Å². The molecule has 0 aromatic carbocycles. The lowest BCUT2D eigenvalue weighted by molar-refractivity contribution is -0.166. The Hall–Kier alpha value is -3.93. The van der Waals surface area contributed by atoms with Crippen molar-refractivity contribution in [1.29, 1.82) is 0 Å². The van der Waals surface area contributed by atoms with Gasteiger partial charge in [0.2, 0.25) is 0 Å². The van der Waals surface area contributed by atoms with E-state index in [2.05, 4.69) is 118 Å². The average Bonchev–Trinajstić information content (AvgIpc) is 3.26. The molecule has 0 rings (SSSR count). The van der Waals surface area contributed by atoms with Gasteiger partial charge in [-0.05, 0) is 103 Å². The highest BCUT2D eigenvalue weighted by atomic mass is 16.6. The van der Waals surface area contributed by atoms with Gasteiger partial charge in [0, 0.05) is 19.3 Å². The van der Waals surface area contributed by atoms with E-state index in [1.165, 1.54) is 38.5 Å². The predicted octanol–water partition coefficient (Wildman–Crippen LogP) is 16.0. The minimum atomic E-state index is -0.826. The highest BCUT2D eigenvalue weighted by Crippen LogP contribution is 2.12. The van der Waals surface area contributed by atoms with Crippen LogP contribution in [0.5, 0.6) is 0 Å². The fraction of sp³-hybridized carbons (Fsp3) is 0.618. The Kier molecular flexibility index (Phi) is 45.6. The van der Waals surface area contributed by atoms with Gasteiger partial charge < -0.3 is 14.2 Å². The van der Waals surface area contributed by atoms with E-state index in [1.807, 2.05) is 12.2 Å². The zero-order valence-corrected chi connectivity index (χ0v) is 39.1. The van der Waals surface area contributed by atoms with E-state index in [1.54, 1.807) is 0 Å². The van der Waals surface area contributed by atoms with Gasteiger partial charge in [-0.15, -0.1) is 0 Å². The predicted molar refractivity (Wildman–Crippen MR) is 260 cm³/mol. The van der Waals surface area contributed by atoms with Gasteiger partial charge in [-0.1, -0.05) is 188 Å². The Labute approximate surface area is 374 Å². The number of allylic oxidation sites excluding steroid dienone is 18. The van der Waals surface area contributed by atoms with Crippen LogP contribution in [0.15, 0.2) is 109 Å². The fourth-order valence-corrected chi connectivity index (χ4v) is 6.13. The maximum Gasteiger partial charge on any atom is 0.306 e. The first-order valence-corrected chi connectivity index (χ1v) is 24.4. The van der Waals surface area contributed by atoms with Crippen LogP contribution in [-0.2, 0) is 28.6 Å². The highest BCUT2D eigenvalue weighted by molar-refractivity contribution is 5.71. The summed E-state index contributed by atoms with van der Waals surface area (Å²) in [7, 11) is 0. The van der Waals surface area contributed by atoms with Gasteiger partial charge in [-0.2, -0.15) is 0 Å². The van der Waals surface area contributed by atoms with E-state index in [4.69, 9.17) is 14.2 Å². The zero-order valence-electron chi connectivity index (χ0n) is 39.1. The monoisotopic (exact) mass is 845 g/mol. The van der Waals surface area contributed by atoms with Gasteiger partial charge >= 0.3 is 17.9 Å². The largest absolute Gasteiger partial charge is 0.462 e. The maximum absolute atomic E-state index is 12.7. The van der Waals surface area contributed by atoms with E-state index in [9.17, 15) is 14.4 Å². The van der Waals surface area contributed by atoms with Gasteiger partial charge in [0.05, 0.1) is 0 Å². The summed E-state index contributed by atoms with van der Waals surface area (Å²) >= 11 is 0. The number of hydrogen-bond donors (Lipinski definition) is 0. The first-order chi connectivity index (χ1) is 30.0. The minimum Gasteiger partial charge on any atom is -0.462 e. The maximum atomic E-state index is 12.7. The van der Waals surface area contributed by atoms with Crippen molar-refractivity contribution in [2.75, 3.05) is 13.2 Å². The molecule has 1 unspecified atom stereocenters. The molecule has 0 aliphatic rings. The van der Waals surface area contributed by atoms with Gasteiger partial charge in [-0.25, -0.2) is 0 Å². The molecule has 1 atom stereocenters. The average molecular weight is 845 g/mol. The molecule has 0 aromatic heterocycles. The van der Waals surface area contributed by atoms with Crippen LogP contribution in [0.2, 0.25) is 0 Å². The second kappa shape index (κ2) is 48.7. The van der Waals surface area contributed by atoms with E-state index < -0.39 is 12.1 Å². The molecule has 0 radical (unpaired) electrons. The normalized spacial score (nSPS) is 13.0. The molecule has 0 saturated heterocycles. The van der Waals surface area contributed by atoms with E-state index in [-0.39, 0.29) is 31.6 Å². The standard InChI is InChI=1S/C55H88O6/c1-4-7-10-13-16-19-22-24-25-26-27-28-29-31-33-36-39-42-45-48-54(57)60-51-52(50-59-53(56)47-44-41-38-35-32-21-18-15-12-9-6-3)61-55(58)49-46-43-40-37-34-30-23-20-17-14-11-8-5-2/h7-8,10-11,15-20,24-25,27-28,30,34,40,43,52H,4-6,9,12-14,21-23,26,29,31-33,35-39,41-42,44-51H2,1-3H3/b10-7-,11-8-,18-15-,19-16-,20-17-,25-24-,28-27-,34-30-,43-40-. The molecule has 0 spiro atoms. The Morgan fingerprint density at radius 1 is 0.344 bits per heavy atom. The molecule has 6 nitrogen and oxygen atoms in total. The lowest BCUT2D eigenvalue weighted by Gasteiger charge is -2.18. The first-order valence-electron chi connectivity index (χ1n) is 24.4. The van der Waals surface area contributed by atoms with Crippen molar-refractivity contribution in [3.05, 3.63) is 109 Å². The van der Waals surface area contributed by atoms with E-state index >= 15 is 0 Å². The molecule has 0 saturated carbocycles. The summed E-state index contributed by atoms with van der Waals surface area (Å²) < 4.78 is 16.6. The smallest absolute Gasteiger partial charge is 0.306 e. The summed E-state index contributed by atoms with van der Waals surface area (Å²) in [6, 6.07) is 0. The van der Waals surface area contributed by atoms with Crippen LogP contribution in [0.1, 0.15) is 201 Å². The number of unbranched alkanes of at least 4 members (excludes halogenated alkanes) is 13. The van der Waals surface area contributed by atoms with Crippen molar-refractivity contribution in [3.8, 4) is 0 Å². The molecular weight excluding hydrogens is 757 g/mol. The van der Waals surface area contributed by atoms with E-state index in [0.717, 1.165) is 116 Å². The third-order valence-corrected chi connectivity index (χ3v) is 9.76. The third kappa shape index (κ3) is 47.0. The molecule has 0 bridgehead atoms. The highest BCUT2D eigenvalue weighted by Gasteiger charge is 2.19. The Balaban J connectivity index is 4.48. The van der Waals surface area contributed by atoms with Crippen LogP contribution >= 0.6 is 0 Å². The molecule has 0 aliphatic heterocycles. The second-order valence-corrected chi connectivity index (χ2v) is 15.6. The van der Waals surface area contributed by atoms with Crippen molar-refractivity contribution >= 4 is 17.9 Å². The SMILES string of the molecule is CC/C=C\C/C=C\C/C=C\C/C=C\CCCCCCCCC(=O)OCC(COC(=O)CCCCCCC/C=C\CCCC)OC(=O)CC/C=C\C/C=C\C/C=C\C/C=C\CC. The summed E-state index contributed by atoms with van der Waals surface area (Å²) in [4.78, 5) is 37.8. The summed E-state index contributed by atoms with van der Waals surface area (Å²) in [6.07, 6.45) is 65.1. The van der Waals surface area contributed by atoms with Gasteiger partial charge in [-0.3, -0.25) is 14.4 Å². The number of carbonyl (C=O) groups is 3. The number of esters is 3. The lowest BCUT2D eigenvalue weighted by atomic mass is 10.1. The topological polar surface area (TPSA) is 78.9 Å². The number of carbonyl (C=O) groups excluding carboxylic acids is 3. The first kappa shape index (κ1) is 57.1. The van der Waals surface area contributed by atoms with Crippen LogP contribution in [-0.4, -0.2) is 37.2 Å². The lowest BCUT2D eigenvalue weighted by Crippen LogP contribution is -2.30. The van der Waals surface area contributed by atoms with Crippen molar-refractivity contribution in [2.24, 2.45) is 0 Å². The Morgan fingerprint density at radius 3 is 1.08 bits per heavy atom. The van der Waals surface area contributed by atoms with Crippen molar-refractivity contribution < 1.29 is 28.6 Å². The number of hydrogen-bond acceptors (Lipinski definition) is 6. The Bertz CT molecular complexity index is 1290. The Morgan fingerprint density at radius 2 is 0.672 bits per heavy atom. The minimum absolute atomic E-state index is 0.118. The summed E-state index contributed by atoms with van der Waals surface area (Å²) in [5.41, 5.74) is 0. The van der Waals surface area contributed by atoms with E-state index in [0.29, 0.717) is 19.3 Å². The van der Waals surface area contributed by atoms with Crippen LogP contribution in [0.25, 0.3) is 0 Å². The number of ether oxygens (including phenoxy) is 3. The second-order valence-electron chi connectivity index (χ2n) is 15.6. The van der Waals surface area contributed by atoms with Gasteiger partial charge in [0.25, 0.3) is 0 Å². The quantitative estimate of drug-likeness (QED) is 0.0264. The summed E-state index contributed by atoms with van der Waals surface area (Å²) in [5, 5.41) is 0. The molecule has 0 aliphatic carbocycles.